The molecule has 0 bridgehead atoms. The summed E-state index contributed by atoms with van der Waals surface area (Å²) in [5, 5.41) is 4.78. The van der Waals surface area contributed by atoms with Crippen molar-refractivity contribution in [3.05, 3.63) is 35.9 Å². The summed E-state index contributed by atoms with van der Waals surface area (Å²) in [7, 11) is 0. The third-order valence-electron chi connectivity index (χ3n) is 4.42. The van der Waals surface area contributed by atoms with Crippen molar-refractivity contribution in [3.8, 4) is 0 Å². The first kappa shape index (κ1) is 15.5. The van der Waals surface area contributed by atoms with Gasteiger partial charge in [-0.25, -0.2) is 10.0 Å². The molecule has 2 unspecified atom stereocenters. The highest BCUT2D eigenvalue weighted by atomic mass is 16.6. The molecule has 0 amide bonds. The second kappa shape index (κ2) is 6.01. The Bertz CT molecular complexity index is 524. The Labute approximate surface area is 133 Å². The van der Waals surface area contributed by atoms with E-state index in [2.05, 4.69) is 34.3 Å². The van der Waals surface area contributed by atoms with Crippen molar-refractivity contribution < 1.29 is 9.53 Å². The van der Waals surface area contributed by atoms with Gasteiger partial charge in [-0.1, -0.05) is 30.3 Å². The molecule has 3 rings (SSSR count). The van der Waals surface area contributed by atoms with Crippen LogP contribution in [0.4, 0.5) is 0 Å². The van der Waals surface area contributed by atoms with E-state index in [4.69, 9.17) is 4.74 Å². The molecule has 120 valence electrons. The van der Waals surface area contributed by atoms with Gasteiger partial charge in [-0.05, 0) is 39.2 Å². The first-order valence-electron chi connectivity index (χ1n) is 8.21. The maximum atomic E-state index is 12.3. The second-order valence-corrected chi connectivity index (χ2v) is 7.40. The van der Waals surface area contributed by atoms with E-state index in [1.165, 1.54) is 5.56 Å². The Hall–Kier alpha value is -1.39. The van der Waals surface area contributed by atoms with Crippen LogP contribution in [0.1, 0.15) is 39.2 Å². The van der Waals surface area contributed by atoms with Gasteiger partial charge in [-0.15, -0.1) is 0 Å². The fourth-order valence-corrected chi connectivity index (χ4v) is 3.46. The molecule has 1 aromatic carbocycles. The van der Waals surface area contributed by atoms with E-state index in [0.717, 1.165) is 32.5 Å². The zero-order valence-electron chi connectivity index (χ0n) is 13.8. The number of carbonyl (C=O) groups is 1. The van der Waals surface area contributed by atoms with Crippen LogP contribution in [0.5, 0.6) is 0 Å². The van der Waals surface area contributed by atoms with Gasteiger partial charge in [0.1, 0.15) is 5.60 Å². The fraction of sp³-hybridized carbons (Fsp3) is 0.611. The van der Waals surface area contributed by atoms with Crippen LogP contribution in [-0.4, -0.2) is 40.7 Å². The molecule has 4 heteroatoms. The van der Waals surface area contributed by atoms with Crippen molar-refractivity contribution in [3.63, 3.8) is 0 Å². The number of fused-ring (bicyclic) bond motifs is 1. The van der Waals surface area contributed by atoms with Gasteiger partial charge in [0, 0.05) is 25.7 Å². The van der Waals surface area contributed by atoms with Crippen molar-refractivity contribution in [2.75, 3.05) is 13.1 Å². The van der Waals surface area contributed by atoms with E-state index >= 15 is 0 Å². The SMILES string of the molecule is CC(C)(C)OC(=O)C1CC2CCN(Cc3ccccc3)N2C1. The van der Waals surface area contributed by atoms with E-state index in [0.29, 0.717) is 6.04 Å². The predicted octanol–water partition coefficient (Wildman–Crippen LogP) is 2.84. The van der Waals surface area contributed by atoms with Crippen LogP contribution in [0.3, 0.4) is 0 Å². The molecule has 2 fully saturated rings. The quantitative estimate of drug-likeness (QED) is 0.804. The van der Waals surface area contributed by atoms with Crippen molar-refractivity contribution in [1.29, 1.82) is 0 Å². The number of hydrazine groups is 1. The highest BCUT2D eigenvalue weighted by Crippen LogP contribution is 2.34. The molecule has 2 aliphatic heterocycles. The van der Waals surface area contributed by atoms with Gasteiger partial charge >= 0.3 is 5.97 Å². The number of ether oxygens (including phenoxy) is 1. The molecule has 0 saturated carbocycles. The van der Waals surface area contributed by atoms with Gasteiger partial charge in [-0.2, -0.15) is 0 Å². The third kappa shape index (κ3) is 3.50. The zero-order chi connectivity index (χ0) is 15.7. The summed E-state index contributed by atoms with van der Waals surface area (Å²) in [6.07, 6.45) is 2.08. The van der Waals surface area contributed by atoms with Gasteiger partial charge in [0.15, 0.2) is 0 Å². The van der Waals surface area contributed by atoms with Crippen LogP contribution in [0.25, 0.3) is 0 Å². The molecular weight excluding hydrogens is 276 g/mol. The molecule has 2 heterocycles. The highest BCUT2D eigenvalue weighted by Gasteiger charge is 2.43. The number of hydrogen-bond acceptors (Lipinski definition) is 4. The van der Waals surface area contributed by atoms with Gasteiger partial charge in [-0.3, -0.25) is 4.79 Å². The van der Waals surface area contributed by atoms with E-state index in [9.17, 15) is 4.79 Å². The predicted molar refractivity (Wildman–Crippen MR) is 85.9 cm³/mol. The number of esters is 1. The number of hydrogen-bond donors (Lipinski definition) is 0. The Balaban J connectivity index is 1.60. The van der Waals surface area contributed by atoms with Crippen molar-refractivity contribution >= 4 is 5.97 Å². The minimum atomic E-state index is -0.395. The average Bonchev–Trinajstić information content (AvgIpc) is 3.00. The molecule has 0 spiro atoms. The molecule has 2 atom stereocenters. The summed E-state index contributed by atoms with van der Waals surface area (Å²) in [6.45, 7) is 8.61. The zero-order valence-corrected chi connectivity index (χ0v) is 13.8. The molecule has 1 aromatic rings. The van der Waals surface area contributed by atoms with Crippen LogP contribution in [0.15, 0.2) is 30.3 Å². The summed E-state index contributed by atoms with van der Waals surface area (Å²) < 4.78 is 5.56. The standard InChI is InChI=1S/C18H26N2O2/c1-18(2,3)22-17(21)15-11-16-9-10-19(20(16)13-15)12-14-7-5-4-6-8-14/h4-8,15-16H,9-13H2,1-3H3. The fourth-order valence-electron chi connectivity index (χ4n) is 3.46. The number of rotatable bonds is 3. The van der Waals surface area contributed by atoms with Gasteiger partial charge in [0.25, 0.3) is 0 Å². The van der Waals surface area contributed by atoms with Crippen LogP contribution < -0.4 is 0 Å². The Kier molecular flexibility index (Phi) is 4.24. The van der Waals surface area contributed by atoms with Crippen LogP contribution in [0, 0.1) is 5.92 Å². The summed E-state index contributed by atoms with van der Waals surface area (Å²) in [5.41, 5.74) is 0.928. The monoisotopic (exact) mass is 302 g/mol. The lowest BCUT2D eigenvalue weighted by Gasteiger charge is -2.28. The molecule has 0 aliphatic carbocycles. The van der Waals surface area contributed by atoms with Crippen LogP contribution >= 0.6 is 0 Å². The van der Waals surface area contributed by atoms with Crippen molar-refractivity contribution in [2.45, 2.75) is 51.8 Å². The first-order chi connectivity index (χ1) is 10.4. The maximum absolute atomic E-state index is 12.3. The largest absolute Gasteiger partial charge is 0.460 e. The van der Waals surface area contributed by atoms with E-state index in [-0.39, 0.29) is 11.9 Å². The topological polar surface area (TPSA) is 32.8 Å². The lowest BCUT2D eigenvalue weighted by Crippen LogP contribution is -2.38. The molecule has 0 radical (unpaired) electrons. The Morgan fingerprint density at radius 1 is 1.27 bits per heavy atom. The summed E-state index contributed by atoms with van der Waals surface area (Å²) in [4.78, 5) is 12.3. The number of nitrogens with zero attached hydrogens (tertiary/aromatic N) is 2. The molecule has 2 saturated heterocycles. The number of benzene rings is 1. The van der Waals surface area contributed by atoms with Crippen molar-refractivity contribution in [1.82, 2.24) is 10.0 Å². The van der Waals surface area contributed by atoms with Gasteiger partial charge < -0.3 is 4.74 Å². The van der Waals surface area contributed by atoms with Crippen LogP contribution in [0.2, 0.25) is 0 Å². The third-order valence-corrected chi connectivity index (χ3v) is 4.42. The molecule has 0 aromatic heterocycles. The van der Waals surface area contributed by atoms with E-state index in [1.807, 2.05) is 26.8 Å². The Morgan fingerprint density at radius 3 is 2.68 bits per heavy atom. The normalized spacial score (nSPS) is 26.1. The molecular formula is C18H26N2O2. The molecule has 4 nitrogen and oxygen atoms in total. The van der Waals surface area contributed by atoms with Crippen molar-refractivity contribution in [2.24, 2.45) is 5.92 Å². The minimum Gasteiger partial charge on any atom is -0.460 e. The van der Waals surface area contributed by atoms with Gasteiger partial charge in [0.2, 0.25) is 0 Å². The lowest BCUT2D eigenvalue weighted by atomic mass is 10.0. The first-order valence-corrected chi connectivity index (χ1v) is 8.21. The highest BCUT2D eigenvalue weighted by molar-refractivity contribution is 5.73. The molecule has 22 heavy (non-hydrogen) atoms. The number of carbonyl (C=O) groups excluding carboxylic acids is 1. The minimum absolute atomic E-state index is 0.0165. The molecule has 0 N–H and O–H groups in total. The van der Waals surface area contributed by atoms with Crippen LogP contribution in [-0.2, 0) is 16.1 Å². The summed E-state index contributed by atoms with van der Waals surface area (Å²) in [6, 6.07) is 11.0. The van der Waals surface area contributed by atoms with E-state index in [1.54, 1.807) is 0 Å². The Morgan fingerprint density at radius 2 is 2.00 bits per heavy atom. The van der Waals surface area contributed by atoms with Gasteiger partial charge in [0.05, 0.1) is 5.92 Å². The second-order valence-electron chi connectivity index (χ2n) is 7.40. The maximum Gasteiger partial charge on any atom is 0.310 e. The summed E-state index contributed by atoms with van der Waals surface area (Å²) >= 11 is 0. The molecule has 2 aliphatic rings. The average molecular weight is 302 g/mol. The smallest absolute Gasteiger partial charge is 0.310 e. The van der Waals surface area contributed by atoms with E-state index < -0.39 is 5.60 Å². The summed E-state index contributed by atoms with van der Waals surface area (Å²) in [5.74, 6) is -0.0237. The lowest BCUT2D eigenvalue weighted by molar-refractivity contribution is -0.160.